The van der Waals surface area contributed by atoms with Crippen LogP contribution in [0.3, 0.4) is 0 Å². The molecule has 88 valence electrons. The van der Waals surface area contributed by atoms with Crippen molar-refractivity contribution in [2.45, 2.75) is 38.5 Å². The average molecular weight is 222 g/mol. The van der Waals surface area contributed by atoms with Gasteiger partial charge >= 0.3 is 0 Å². The van der Waals surface area contributed by atoms with Gasteiger partial charge in [0, 0.05) is 18.6 Å². The minimum atomic E-state index is -0.0562. The molecule has 4 nitrogen and oxygen atoms in total. The minimum Gasteiger partial charge on any atom is -0.381 e. The molecule has 4 heteroatoms. The van der Waals surface area contributed by atoms with Crippen LogP contribution in [-0.4, -0.2) is 23.2 Å². The Morgan fingerprint density at radius 2 is 2.38 bits per heavy atom. The van der Waals surface area contributed by atoms with Crippen LogP contribution in [-0.2, 0) is 4.74 Å². The molecule has 0 radical (unpaired) electrons. The van der Waals surface area contributed by atoms with E-state index in [9.17, 15) is 4.79 Å². The summed E-state index contributed by atoms with van der Waals surface area (Å²) in [7, 11) is 0. The van der Waals surface area contributed by atoms with Gasteiger partial charge < -0.3 is 9.72 Å². The lowest BCUT2D eigenvalue weighted by molar-refractivity contribution is 0.0779. The molecule has 0 aromatic carbocycles. The Morgan fingerprint density at radius 1 is 1.56 bits per heavy atom. The normalized spacial score (nSPS) is 21.3. The number of H-pyrrole nitrogens is 1. The van der Waals surface area contributed by atoms with E-state index in [4.69, 9.17) is 4.74 Å². The van der Waals surface area contributed by atoms with Crippen LogP contribution in [0.4, 0.5) is 0 Å². The zero-order valence-corrected chi connectivity index (χ0v) is 9.82. The highest BCUT2D eigenvalue weighted by molar-refractivity contribution is 5.09. The van der Waals surface area contributed by atoms with Gasteiger partial charge in [-0.2, -0.15) is 0 Å². The molecule has 0 aliphatic carbocycles. The molecule has 2 heterocycles. The molecule has 1 atom stereocenters. The molecule has 1 aromatic heterocycles. The fourth-order valence-electron chi connectivity index (χ4n) is 1.94. The van der Waals surface area contributed by atoms with Gasteiger partial charge in [-0.15, -0.1) is 0 Å². The average Bonchev–Trinajstić information content (AvgIpc) is 2.29. The first kappa shape index (κ1) is 11.3. The van der Waals surface area contributed by atoms with Gasteiger partial charge in [0.25, 0.3) is 5.56 Å². The van der Waals surface area contributed by atoms with Gasteiger partial charge in [0.05, 0.1) is 12.3 Å². The van der Waals surface area contributed by atoms with Crippen LogP contribution in [0.2, 0.25) is 0 Å². The van der Waals surface area contributed by atoms with Crippen LogP contribution in [0.5, 0.6) is 0 Å². The van der Waals surface area contributed by atoms with Crippen molar-refractivity contribution in [3.05, 3.63) is 27.9 Å². The van der Waals surface area contributed by atoms with Crippen molar-refractivity contribution in [2.75, 3.05) is 13.2 Å². The third kappa shape index (κ3) is 2.50. The number of hydrogen-bond donors (Lipinski definition) is 1. The molecule has 1 aliphatic rings. The third-order valence-electron chi connectivity index (χ3n) is 2.92. The van der Waals surface area contributed by atoms with Gasteiger partial charge in [-0.1, -0.05) is 13.8 Å². The Morgan fingerprint density at radius 3 is 3.00 bits per heavy atom. The second-order valence-electron chi connectivity index (χ2n) is 4.62. The highest BCUT2D eigenvalue weighted by Gasteiger charge is 2.19. The fraction of sp³-hybridized carbons (Fsp3) is 0.667. The van der Waals surface area contributed by atoms with Crippen molar-refractivity contribution in [3.8, 4) is 0 Å². The van der Waals surface area contributed by atoms with Gasteiger partial charge in [-0.05, 0) is 18.8 Å². The van der Waals surface area contributed by atoms with E-state index in [0.717, 1.165) is 31.0 Å². The van der Waals surface area contributed by atoms with Gasteiger partial charge in [0.1, 0.15) is 5.82 Å². The zero-order chi connectivity index (χ0) is 11.5. The van der Waals surface area contributed by atoms with Gasteiger partial charge in [-0.3, -0.25) is 4.79 Å². The summed E-state index contributed by atoms with van der Waals surface area (Å²) in [5, 5.41) is 0. The summed E-state index contributed by atoms with van der Waals surface area (Å²) in [6, 6.07) is 1.58. The molecule has 1 fully saturated rings. The predicted molar refractivity (Wildman–Crippen MR) is 61.7 cm³/mol. The summed E-state index contributed by atoms with van der Waals surface area (Å²) in [6.45, 7) is 5.58. The zero-order valence-electron chi connectivity index (χ0n) is 9.82. The van der Waals surface area contributed by atoms with E-state index < -0.39 is 0 Å². The Bertz CT molecular complexity index is 406. The van der Waals surface area contributed by atoms with Crippen molar-refractivity contribution < 1.29 is 4.74 Å². The monoisotopic (exact) mass is 222 g/mol. The quantitative estimate of drug-likeness (QED) is 0.830. The van der Waals surface area contributed by atoms with E-state index in [0.29, 0.717) is 6.61 Å². The van der Waals surface area contributed by atoms with E-state index in [1.165, 1.54) is 0 Å². The highest BCUT2D eigenvalue weighted by atomic mass is 16.5. The van der Waals surface area contributed by atoms with E-state index in [1.54, 1.807) is 6.07 Å². The second kappa shape index (κ2) is 4.78. The Kier molecular flexibility index (Phi) is 3.39. The molecule has 1 aliphatic heterocycles. The largest absolute Gasteiger partial charge is 0.381 e. The number of hydrogen-bond acceptors (Lipinski definition) is 3. The van der Waals surface area contributed by atoms with Crippen LogP contribution >= 0.6 is 0 Å². The molecule has 0 amide bonds. The summed E-state index contributed by atoms with van der Waals surface area (Å²) in [5.41, 5.74) is 0.809. The van der Waals surface area contributed by atoms with Crippen LogP contribution in [0, 0.1) is 0 Å². The summed E-state index contributed by atoms with van der Waals surface area (Å²) < 4.78 is 5.41. The summed E-state index contributed by atoms with van der Waals surface area (Å²) >= 11 is 0. The molecule has 2 rings (SSSR count). The van der Waals surface area contributed by atoms with E-state index in [-0.39, 0.29) is 17.4 Å². The lowest BCUT2D eigenvalue weighted by Crippen LogP contribution is -2.22. The maximum atomic E-state index is 11.5. The smallest absolute Gasteiger partial charge is 0.251 e. The van der Waals surface area contributed by atoms with E-state index >= 15 is 0 Å². The van der Waals surface area contributed by atoms with Gasteiger partial charge in [-0.25, -0.2) is 4.98 Å². The molecule has 0 saturated carbocycles. The SMILES string of the molecule is CC(C)c1cc(=O)[nH]c(C2CCCOC2)n1. The van der Waals surface area contributed by atoms with Crippen molar-refractivity contribution in [3.63, 3.8) is 0 Å². The maximum absolute atomic E-state index is 11.5. The first-order chi connectivity index (χ1) is 7.66. The predicted octanol–water partition coefficient (Wildman–Crippen LogP) is 1.79. The Labute approximate surface area is 95.1 Å². The van der Waals surface area contributed by atoms with Crippen molar-refractivity contribution in [2.24, 2.45) is 0 Å². The summed E-state index contributed by atoms with van der Waals surface area (Å²) in [4.78, 5) is 18.9. The molecule has 16 heavy (non-hydrogen) atoms. The Hall–Kier alpha value is -1.16. The standard InChI is InChI=1S/C12H18N2O2/c1-8(2)10-6-11(15)14-12(13-10)9-4-3-5-16-7-9/h6,8-9H,3-5,7H2,1-2H3,(H,13,14,15). The summed E-state index contributed by atoms with van der Waals surface area (Å²) in [6.07, 6.45) is 2.09. The number of nitrogens with zero attached hydrogens (tertiary/aromatic N) is 1. The molecular weight excluding hydrogens is 204 g/mol. The topological polar surface area (TPSA) is 55.0 Å². The first-order valence-corrected chi connectivity index (χ1v) is 5.85. The number of aromatic amines is 1. The van der Waals surface area contributed by atoms with E-state index in [1.807, 2.05) is 13.8 Å². The lowest BCUT2D eigenvalue weighted by atomic mass is 10.0. The van der Waals surface area contributed by atoms with Crippen molar-refractivity contribution in [1.82, 2.24) is 9.97 Å². The lowest BCUT2D eigenvalue weighted by Gasteiger charge is -2.21. The first-order valence-electron chi connectivity index (χ1n) is 5.85. The van der Waals surface area contributed by atoms with Crippen LogP contribution in [0.1, 0.15) is 50.0 Å². The molecule has 1 aromatic rings. The third-order valence-corrected chi connectivity index (χ3v) is 2.92. The maximum Gasteiger partial charge on any atom is 0.251 e. The molecule has 1 saturated heterocycles. The molecule has 1 unspecified atom stereocenters. The van der Waals surface area contributed by atoms with Crippen LogP contribution < -0.4 is 5.56 Å². The number of nitrogens with one attached hydrogen (secondary N) is 1. The van der Waals surface area contributed by atoms with Gasteiger partial charge in [0.2, 0.25) is 0 Å². The van der Waals surface area contributed by atoms with Crippen LogP contribution in [0.15, 0.2) is 10.9 Å². The second-order valence-corrected chi connectivity index (χ2v) is 4.62. The Balaban J connectivity index is 2.29. The summed E-state index contributed by atoms with van der Waals surface area (Å²) in [5.74, 6) is 1.32. The number of rotatable bonds is 2. The molecule has 1 N–H and O–H groups in total. The highest BCUT2D eigenvalue weighted by Crippen LogP contribution is 2.22. The van der Waals surface area contributed by atoms with Gasteiger partial charge in [0.15, 0.2) is 0 Å². The number of ether oxygens (including phenoxy) is 1. The van der Waals surface area contributed by atoms with Crippen molar-refractivity contribution >= 4 is 0 Å². The van der Waals surface area contributed by atoms with Crippen molar-refractivity contribution in [1.29, 1.82) is 0 Å². The molecule has 0 spiro atoms. The molecular formula is C12H18N2O2. The fourth-order valence-corrected chi connectivity index (χ4v) is 1.94. The van der Waals surface area contributed by atoms with Crippen LogP contribution in [0.25, 0.3) is 0 Å². The minimum absolute atomic E-state index is 0.0562. The number of aromatic nitrogens is 2. The molecule has 0 bridgehead atoms. The van der Waals surface area contributed by atoms with E-state index in [2.05, 4.69) is 9.97 Å².